The zero-order chi connectivity index (χ0) is 18.0. The van der Waals surface area contributed by atoms with Gasteiger partial charge in [0.15, 0.2) is 17.5 Å². The van der Waals surface area contributed by atoms with Crippen LogP contribution in [0.15, 0.2) is 10.6 Å². The second-order valence-electron chi connectivity index (χ2n) is 6.58. The molecule has 9 nitrogen and oxygen atoms in total. The van der Waals surface area contributed by atoms with Crippen molar-refractivity contribution in [3.63, 3.8) is 0 Å². The summed E-state index contributed by atoms with van der Waals surface area (Å²) in [5.74, 6) is 2.67. The molecule has 2 aromatic heterocycles. The maximum atomic E-state index is 12.4. The van der Waals surface area contributed by atoms with E-state index >= 15 is 0 Å². The van der Waals surface area contributed by atoms with Crippen molar-refractivity contribution in [1.29, 1.82) is 0 Å². The van der Waals surface area contributed by atoms with Crippen molar-refractivity contribution in [3.05, 3.63) is 23.5 Å². The number of anilines is 1. The van der Waals surface area contributed by atoms with Crippen LogP contribution in [0.5, 0.6) is 0 Å². The maximum Gasteiger partial charge on any atom is 0.242 e. The van der Waals surface area contributed by atoms with E-state index in [-0.39, 0.29) is 24.0 Å². The Bertz CT molecular complexity index is 725. The van der Waals surface area contributed by atoms with Gasteiger partial charge in [-0.2, -0.15) is 5.10 Å². The Morgan fingerprint density at radius 2 is 2.24 bits per heavy atom. The molecule has 1 fully saturated rings. The number of hydrogen-bond acceptors (Lipinski definition) is 7. The quantitative estimate of drug-likeness (QED) is 0.845. The van der Waals surface area contributed by atoms with Gasteiger partial charge in [0, 0.05) is 25.1 Å². The number of carbonyl (C=O) groups is 1. The summed E-state index contributed by atoms with van der Waals surface area (Å²) in [5, 5.41) is 13.7. The van der Waals surface area contributed by atoms with Crippen molar-refractivity contribution in [2.24, 2.45) is 0 Å². The molecule has 136 valence electrons. The van der Waals surface area contributed by atoms with Crippen LogP contribution in [0.25, 0.3) is 0 Å². The minimum Gasteiger partial charge on any atom is -0.368 e. The van der Waals surface area contributed by atoms with E-state index < -0.39 is 0 Å². The first kappa shape index (κ1) is 17.6. The number of nitrogens with one attached hydrogen (secondary N) is 2. The molecule has 0 saturated carbocycles. The topological polar surface area (TPSA) is 109 Å². The van der Waals surface area contributed by atoms with Gasteiger partial charge in [-0.3, -0.25) is 14.8 Å². The highest BCUT2D eigenvalue weighted by atomic mass is 16.5. The second-order valence-corrected chi connectivity index (χ2v) is 6.58. The number of hydrogen-bond donors (Lipinski definition) is 2. The van der Waals surface area contributed by atoms with Gasteiger partial charge >= 0.3 is 0 Å². The third kappa shape index (κ3) is 4.05. The average molecular weight is 348 g/mol. The number of aromatic nitrogens is 4. The molecule has 2 aromatic rings. The average Bonchev–Trinajstić information content (AvgIpc) is 3.23. The van der Waals surface area contributed by atoms with E-state index in [4.69, 9.17) is 9.26 Å². The monoisotopic (exact) mass is 348 g/mol. The molecule has 1 saturated heterocycles. The van der Waals surface area contributed by atoms with E-state index in [9.17, 15) is 4.79 Å². The zero-order valence-electron chi connectivity index (χ0n) is 14.9. The van der Waals surface area contributed by atoms with Gasteiger partial charge in [0.2, 0.25) is 5.91 Å². The molecule has 0 unspecified atom stereocenters. The highest BCUT2D eigenvalue weighted by Crippen LogP contribution is 2.22. The van der Waals surface area contributed by atoms with Gasteiger partial charge in [-0.25, -0.2) is 4.98 Å². The van der Waals surface area contributed by atoms with E-state index in [1.54, 1.807) is 13.0 Å². The van der Waals surface area contributed by atoms with Crippen molar-refractivity contribution < 1.29 is 14.1 Å². The van der Waals surface area contributed by atoms with Crippen molar-refractivity contribution in [2.75, 3.05) is 25.0 Å². The van der Waals surface area contributed by atoms with Gasteiger partial charge in [0.25, 0.3) is 0 Å². The summed E-state index contributed by atoms with van der Waals surface area (Å²) in [6.07, 6.45) is -0.224. The predicted octanol–water partition coefficient (Wildman–Crippen LogP) is 1.63. The van der Waals surface area contributed by atoms with Gasteiger partial charge in [-0.05, 0) is 13.8 Å². The van der Waals surface area contributed by atoms with Crippen molar-refractivity contribution >= 4 is 11.7 Å². The second kappa shape index (κ2) is 7.32. The molecule has 2 atom stereocenters. The fourth-order valence-corrected chi connectivity index (χ4v) is 2.70. The molecule has 0 aromatic carbocycles. The standard InChI is InChI=1S/C16H24N6O3/c1-9(2)14-18-15(20-19-14)12-8-22(5-6-24-12)11(4)16(23)17-13-7-10(3)25-21-13/h7,9,11-12H,5-6,8H2,1-4H3,(H,17,21,23)(H,18,19,20)/t11-,12-/m1/s1. The first-order valence-electron chi connectivity index (χ1n) is 8.46. The Morgan fingerprint density at radius 3 is 2.88 bits per heavy atom. The summed E-state index contributed by atoms with van der Waals surface area (Å²) in [4.78, 5) is 19.0. The van der Waals surface area contributed by atoms with Gasteiger partial charge in [0.1, 0.15) is 11.9 Å². The van der Waals surface area contributed by atoms with Crippen molar-refractivity contribution in [2.45, 2.75) is 45.8 Å². The van der Waals surface area contributed by atoms with Crippen LogP contribution in [0.3, 0.4) is 0 Å². The van der Waals surface area contributed by atoms with Crippen LogP contribution in [0.2, 0.25) is 0 Å². The van der Waals surface area contributed by atoms with E-state index in [0.29, 0.717) is 37.1 Å². The fraction of sp³-hybridized carbons (Fsp3) is 0.625. The van der Waals surface area contributed by atoms with Gasteiger partial charge in [-0.15, -0.1) is 0 Å². The van der Waals surface area contributed by atoms with Crippen LogP contribution in [0.1, 0.15) is 50.2 Å². The van der Waals surface area contributed by atoms with Gasteiger partial charge in [0.05, 0.1) is 12.6 Å². The van der Waals surface area contributed by atoms with Crippen LogP contribution in [0.4, 0.5) is 5.82 Å². The van der Waals surface area contributed by atoms with Crippen molar-refractivity contribution in [3.8, 4) is 0 Å². The molecule has 1 aliphatic heterocycles. The smallest absolute Gasteiger partial charge is 0.242 e. The lowest BCUT2D eigenvalue weighted by atomic mass is 10.2. The minimum atomic E-state index is -0.323. The summed E-state index contributed by atoms with van der Waals surface area (Å²) in [7, 11) is 0. The summed E-state index contributed by atoms with van der Waals surface area (Å²) in [6, 6.07) is 1.37. The Balaban J connectivity index is 1.62. The number of H-pyrrole nitrogens is 1. The first-order chi connectivity index (χ1) is 11.9. The molecule has 3 heterocycles. The van der Waals surface area contributed by atoms with E-state index in [0.717, 1.165) is 5.82 Å². The molecule has 1 aliphatic rings. The molecular weight excluding hydrogens is 324 g/mol. The van der Waals surface area contributed by atoms with E-state index in [1.165, 1.54) is 0 Å². The Hall–Kier alpha value is -2.26. The molecule has 25 heavy (non-hydrogen) atoms. The van der Waals surface area contributed by atoms with Crippen LogP contribution in [-0.4, -0.2) is 56.9 Å². The Kier molecular flexibility index (Phi) is 5.14. The zero-order valence-corrected chi connectivity index (χ0v) is 14.9. The lowest BCUT2D eigenvalue weighted by Gasteiger charge is -2.35. The number of amides is 1. The highest BCUT2D eigenvalue weighted by Gasteiger charge is 2.30. The van der Waals surface area contributed by atoms with Crippen LogP contribution in [0, 0.1) is 6.92 Å². The lowest BCUT2D eigenvalue weighted by Crippen LogP contribution is -2.48. The lowest BCUT2D eigenvalue weighted by molar-refractivity contribution is -0.124. The summed E-state index contributed by atoms with van der Waals surface area (Å²) >= 11 is 0. The predicted molar refractivity (Wildman–Crippen MR) is 90.1 cm³/mol. The number of rotatable bonds is 5. The Labute approximate surface area is 146 Å². The summed E-state index contributed by atoms with van der Waals surface area (Å²) < 4.78 is 10.8. The normalized spacial score (nSPS) is 20.0. The fourth-order valence-electron chi connectivity index (χ4n) is 2.70. The molecule has 0 bridgehead atoms. The minimum absolute atomic E-state index is 0.130. The molecule has 2 N–H and O–H groups in total. The van der Waals surface area contributed by atoms with E-state index in [2.05, 4.69) is 30.6 Å². The number of aromatic amines is 1. The van der Waals surface area contributed by atoms with Crippen LogP contribution in [-0.2, 0) is 9.53 Å². The number of morpholine rings is 1. The van der Waals surface area contributed by atoms with Crippen molar-refractivity contribution in [1.82, 2.24) is 25.2 Å². The molecule has 0 radical (unpaired) electrons. The van der Waals surface area contributed by atoms with Crippen LogP contribution >= 0.6 is 0 Å². The van der Waals surface area contributed by atoms with Gasteiger partial charge < -0.3 is 14.6 Å². The maximum absolute atomic E-state index is 12.4. The molecule has 0 spiro atoms. The van der Waals surface area contributed by atoms with Crippen LogP contribution < -0.4 is 5.32 Å². The largest absolute Gasteiger partial charge is 0.368 e. The molecule has 3 rings (SSSR count). The molecular formula is C16H24N6O3. The highest BCUT2D eigenvalue weighted by molar-refractivity contribution is 5.93. The number of carbonyl (C=O) groups excluding carboxylic acids is 1. The Morgan fingerprint density at radius 1 is 1.44 bits per heavy atom. The van der Waals surface area contributed by atoms with E-state index in [1.807, 2.05) is 20.8 Å². The first-order valence-corrected chi connectivity index (χ1v) is 8.46. The molecule has 9 heteroatoms. The third-order valence-corrected chi connectivity index (χ3v) is 4.25. The molecule has 0 aliphatic carbocycles. The summed E-state index contributed by atoms with van der Waals surface area (Å²) in [6.45, 7) is 9.50. The third-order valence-electron chi connectivity index (χ3n) is 4.25. The SMILES string of the molecule is Cc1cc(NC(=O)[C@@H](C)N2CCO[C@@H](c3nc(C(C)C)n[nH]3)C2)no1. The summed E-state index contributed by atoms with van der Waals surface area (Å²) in [5.41, 5.74) is 0. The number of aryl methyl sites for hydroxylation is 1. The van der Waals surface area contributed by atoms with Gasteiger partial charge in [-0.1, -0.05) is 19.0 Å². The number of ether oxygens (including phenoxy) is 1. The number of nitrogens with zero attached hydrogens (tertiary/aromatic N) is 4. The molecule has 1 amide bonds.